The van der Waals surface area contributed by atoms with E-state index in [0.29, 0.717) is 12.8 Å². The number of fused-ring (bicyclic) bond motifs is 3. The van der Waals surface area contributed by atoms with Gasteiger partial charge in [-0.3, -0.25) is 9.59 Å². The molecular weight excluding hydrogens is 446 g/mol. The minimum absolute atomic E-state index is 0.0776. The van der Waals surface area contributed by atoms with Gasteiger partial charge in [0.1, 0.15) is 18.7 Å². The molecule has 0 saturated carbocycles. The van der Waals surface area contributed by atoms with Crippen LogP contribution in [0.4, 0.5) is 4.79 Å². The Morgan fingerprint density at radius 3 is 2.23 bits per heavy atom. The van der Waals surface area contributed by atoms with Gasteiger partial charge < -0.3 is 25.4 Å². The number of methoxy groups -OCH3 is 1. The highest BCUT2D eigenvalue weighted by atomic mass is 16.5. The molecule has 2 aliphatic rings. The highest BCUT2D eigenvalue weighted by molar-refractivity contribution is 5.91. The Morgan fingerprint density at radius 1 is 1.09 bits per heavy atom. The number of nitrogens with two attached hydrogens (primary N) is 1. The highest BCUT2D eigenvalue weighted by Crippen LogP contribution is 2.44. The summed E-state index contributed by atoms with van der Waals surface area (Å²) >= 11 is 0. The lowest BCUT2D eigenvalue weighted by Crippen LogP contribution is -2.55. The van der Waals surface area contributed by atoms with Gasteiger partial charge >= 0.3 is 6.09 Å². The fourth-order valence-electron chi connectivity index (χ4n) is 5.11. The molecule has 8 nitrogen and oxygen atoms in total. The smallest absolute Gasteiger partial charge is 0.407 e. The largest absolute Gasteiger partial charge is 0.449 e. The maximum atomic E-state index is 13.4. The molecule has 1 heterocycles. The van der Waals surface area contributed by atoms with E-state index in [4.69, 9.17) is 15.2 Å². The Bertz CT molecular complexity index is 1060. The predicted octanol–water partition coefficient (Wildman–Crippen LogP) is 3.04. The molecule has 0 spiro atoms. The van der Waals surface area contributed by atoms with E-state index < -0.39 is 24.1 Å². The van der Waals surface area contributed by atoms with Crippen LogP contribution < -0.4 is 11.1 Å². The summed E-state index contributed by atoms with van der Waals surface area (Å²) in [7, 11) is 1.54. The van der Waals surface area contributed by atoms with Gasteiger partial charge in [-0.2, -0.15) is 0 Å². The molecule has 0 bridgehead atoms. The van der Waals surface area contributed by atoms with Crippen molar-refractivity contribution in [2.24, 2.45) is 11.7 Å². The molecular formula is C27H33N3O5. The molecule has 0 aromatic heterocycles. The Balaban J connectivity index is 1.46. The molecule has 2 aromatic rings. The number of likely N-dealkylation sites (tertiary alicyclic amines) is 1. The monoisotopic (exact) mass is 479 g/mol. The summed E-state index contributed by atoms with van der Waals surface area (Å²) in [4.78, 5) is 39.7. The molecule has 8 heteroatoms. The van der Waals surface area contributed by atoms with Crippen molar-refractivity contribution in [3.05, 3.63) is 59.7 Å². The fraction of sp³-hybridized carbons (Fsp3) is 0.444. The van der Waals surface area contributed by atoms with Crippen LogP contribution >= 0.6 is 0 Å². The number of nitrogens with one attached hydrogen (secondary N) is 1. The van der Waals surface area contributed by atoms with Crippen LogP contribution in [0.2, 0.25) is 0 Å². The lowest BCUT2D eigenvalue weighted by Gasteiger charge is -2.30. The Kier molecular flexibility index (Phi) is 7.40. The van der Waals surface area contributed by atoms with E-state index in [1.54, 1.807) is 0 Å². The second-order valence-corrected chi connectivity index (χ2v) is 9.34. The van der Waals surface area contributed by atoms with Gasteiger partial charge in [-0.25, -0.2) is 4.79 Å². The van der Waals surface area contributed by atoms with E-state index in [1.165, 1.54) is 12.0 Å². The van der Waals surface area contributed by atoms with Gasteiger partial charge in [-0.05, 0) is 28.2 Å². The number of hydrogen-bond donors (Lipinski definition) is 2. The quantitative estimate of drug-likeness (QED) is 0.605. The van der Waals surface area contributed by atoms with E-state index in [1.807, 2.05) is 38.1 Å². The van der Waals surface area contributed by atoms with Crippen molar-refractivity contribution in [3.8, 4) is 11.1 Å². The van der Waals surface area contributed by atoms with Crippen LogP contribution in [0.15, 0.2) is 48.5 Å². The molecule has 1 saturated heterocycles. The van der Waals surface area contributed by atoms with Gasteiger partial charge in [-0.1, -0.05) is 68.8 Å². The van der Waals surface area contributed by atoms with Gasteiger partial charge in [-0.15, -0.1) is 0 Å². The first kappa shape index (κ1) is 24.7. The molecule has 4 rings (SSSR count). The molecule has 0 radical (unpaired) electrons. The van der Waals surface area contributed by atoms with Gasteiger partial charge in [0.05, 0.1) is 6.10 Å². The number of hydrogen-bond acceptors (Lipinski definition) is 5. The number of amides is 3. The number of nitrogens with zero attached hydrogens (tertiary/aromatic N) is 1. The fourth-order valence-corrected chi connectivity index (χ4v) is 5.11. The van der Waals surface area contributed by atoms with Gasteiger partial charge in [0.15, 0.2) is 0 Å². The van der Waals surface area contributed by atoms with Crippen molar-refractivity contribution in [1.82, 2.24) is 10.2 Å². The van der Waals surface area contributed by atoms with Crippen LogP contribution in [0.3, 0.4) is 0 Å². The molecule has 1 aliphatic carbocycles. The maximum absolute atomic E-state index is 13.4. The topological polar surface area (TPSA) is 111 Å². The summed E-state index contributed by atoms with van der Waals surface area (Å²) < 4.78 is 11.0. The van der Waals surface area contributed by atoms with E-state index in [0.717, 1.165) is 22.3 Å². The van der Waals surface area contributed by atoms with E-state index in [2.05, 4.69) is 29.6 Å². The number of benzene rings is 2. The van der Waals surface area contributed by atoms with Crippen molar-refractivity contribution in [1.29, 1.82) is 0 Å². The molecule has 3 amide bonds. The second kappa shape index (κ2) is 10.5. The Labute approximate surface area is 205 Å². The molecule has 35 heavy (non-hydrogen) atoms. The van der Waals surface area contributed by atoms with Gasteiger partial charge in [0.2, 0.25) is 11.8 Å². The highest BCUT2D eigenvalue weighted by Gasteiger charge is 2.42. The van der Waals surface area contributed by atoms with Gasteiger partial charge in [0, 0.05) is 26.0 Å². The average molecular weight is 480 g/mol. The number of carbonyl (C=O) groups is 3. The zero-order valence-corrected chi connectivity index (χ0v) is 20.4. The van der Waals surface area contributed by atoms with E-state index in [-0.39, 0.29) is 37.0 Å². The van der Waals surface area contributed by atoms with Crippen LogP contribution in [0, 0.1) is 5.92 Å². The normalized spacial score (nSPS) is 20.6. The van der Waals surface area contributed by atoms with E-state index >= 15 is 0 Å². The maximum Gasteiger partial charge on any atom is 0.407 e. The van der Waals surface area contributed by atoms with Crippen molar-refractivity contribution in [2.75, 3.05) is 20.3 Å². The van der Waals surface area contributed by atoms with Crippen LogP contribution in [0.25, 0.3) is 11.1 Å². The second-order valence-electron chi connectivity index (χ2n) is 9.34. The van der Waals surface area contributed by atoms with Crippen LogP contribution in [0.5, 0.6) is 0 Å². The van der Waals surface area contributed by atoms with Crippen LogP contribution in [-0.2, 0) is 19.1 Å². The first-order valence-electron chi connectivity index (χ1n) is 12.1. The standard InChI is InChI=1S/C27H33N3O5/c1-4-16(2)24(26(32)30-14-17(34-3)13-23(30)25(28)31)29-27(33)35-15-22-20-11-7-5-9-18(20)19-10-6-8-12-21(19)22/h5-12,16-17,22-24H,4,13-15H2,1-3H3,(H2,28,31)(H,29,33)/t16-,17+,23-,24-/m0/s1. The molecule has 2 aromatic carbocycles. The number of alkyl carbamates (subject to hydrolysis) is 1. The first-order chi connectivity index (χ1) is 16.8. The zero-order chi connectivity index (χ0) is 25.1. The summed E-state index contributed by atoms with van der Waals surface area (Å²) in [5.74, 6) is -1.18. The van der Waals surface area contributed by atoms with Crippen LogP contribution in [0.1, 0.15) is 43.7 Å². The summed E-state index contributed by atoms with van der Waals surface area (Å²) in [5.41, 5.74) is 10.1. The minimum Gasteiger partial charge on any atom is -0.449 e. The minimum atomic E-state index is -0.840. The number of rotatable bonds is 8. The summed E-state index contributed by atoms with van der Waals surface area (Å²) in [6, 6.07) is 14.6. The summed E-state index contributed by atoms with van der Waals surface area (Å²) in [6.45, 7) is 4.23. The van der Waals surface area contributed by atoms with Crippen molar-refractivity contribution >= 4 is 17.9 Å². The van der Waals surface area contributed by atoms with Crippen molar-refractivity contribution in [2.45, 2.75) is 50.8 Å². The Hall–Kier alpha value is -3.39. The van der Waals surface area contributed by atoms with E-state index in [9.17, 15) is 14.4 Å². The molecule has 1 fully saturated rings. The zero-order valence-electron chi connectivity index (χ0n) is 20.4. The lowest BCUT2D eigenvalue weighted by molar-refractivity contribution is -0.140. The third kappa shape index (κ3) is 4.89. The molecule has 3 N–H and O–H groups in total. The third-order valence-electron chi connectivity index (χ3n) is 7.30. The molecule has 0 unspecified atom stereocenters. The molecule has 4 atom stereocenters. The van der Waals surface area contributed by atoms with Crippen LogP contribution in [-0.4, -0.2) is 61.3 Å². The van der Waals surface area contributed by atoms with Crippen molar-refractivity contribution < 1.29 is 23.9 Å². The number of primary amides is 1. The predicted molar refractivity (Wildman–Crippen MR) is 132 cm³/mol. The SMILES string of the molecule is CC[C@H](C)[C@H](NC(=O)OCC1c2ccccc2-c2ccccc21)C(=O)N1C[C@H](OC)C[C@H]1C(N)=O. The molecule has 186 valence electrons. The third-order valence-corrected chi connectivity index (χ3v) is 7.30. The summed E-state index contributed by atoms with van der Waals surface area (Å²) in [5, 5.41) is 2.76. The summed E-state index contributed by atoms with van der Waals surface area (Å²) in [6.07, 6.45) is 0.0607. The number of carbonyl (C=O) groups excluding carboxylic acids is 3. The first-order valence-corrected chi connectivity index (χ1v) is 12.1. The lowest BCUT2D eigenvalue weighted by atomic mass is 9.97. The average Bonchev–Trinajstić information content (AvgIpc) is 3.45. The van der Waals surface area contributed by atoms with Gasteiger partial charge in [0.25, 0.3) is 0 Å². The Morgan fingerprint density at radius 2 is 1.69 bits per heavy atom. The van der Waals surface area contributed by atoms with Crippen molar-refractivity contribution in [3.63, 3.8) is 0 Å². The molecule has 1 aliphatic heterocycles. The number of ether oxygens (including phenoxy) is 2.